The summed E-state index contributed by atoms with van der Waals surface area (Å²) in [5.74, 6) is -0.158. The molecule has 1 aliphatic carbocycles. The fourth-order valence-corrected chi connectivity index (χ4v) is 6.19. The van der Waals surface area contributed by atoms with E-state index in [1.165, 1.54) is 16.6 Å². The molecule has 5 rings (SSSR count). The Morgan fingerprint density at radius 2 is 1.91 bits per heavy atom. The van der Waals surface area contributed by atoms with Crippen LogP contribution in [-0.2, 0) is 17.6 Å². The molecule has 0 bridgehead atoms. The number of para-hydroxylation sites is 1. The molecule has 1 amide bonds. The molecule has 0 saturated carbocycles. The molecule has 0 unspecified atom stereocenters. The van der Waals surface area contributed by atoms with Gasteiger partial charge in [0.15, 0.2) is 5.16 Å². The Bertz CT molecular complexity index is 1420. The van der Waals surface area contributed by atoms with Crippen LogP contribution in [0.15, 0.2) is 69.6 Å². The number of carbonyl (C=O) groups excluding carboxylic acids is 1. The molecule has 0 spiro atoms. The van der Waals surface area contributed by atoms with Crippen molar-refractivity contribution in [2.45, 2.75) is 37.8 Å². The smallest absolute Gasteiger partial charge is 0.267 e. The number of aromatic nitrogens is 2. The number of hydrogen-bond donors (Lipinski definition) is 1. The average molecular weight is 489 g/mol. The second-order valence-electron chi connectivity index (χ2n) is 8.25. The standard InChI is InChI=1S/C26H24N4O2S2/c1-17-11-13-18(14-12-17)15-27-29-22(31)16-33-26-28-24-23(20-9-5-6-10-21(20)34-24)25(32)30(26)19-7-3-2-4-8-19/h2-4,7-8,11-15H,5-6,9-10,16H2,1H3,(H,29,31). The van der Waals surface area contributed by atoms with Gasteiger partial charge in [-0.15, -0.1) is 11.3 Å². The second-order valence-corrected chi connectivity index (χ2v) is 10.3. The van der Waals surface area contributed by atoms with Crippen LogP contribution in [0.2, 0.25) is 0 Å². The van der Waals surface area contributed by atoms with Gasteiger partial charge in [-0.25, -0.2) is 10.4 Å². The van der Waals surface area contributed by atoms with Crippen molar-refractivity contribution in [2.75, 3.05) is 5.75 Å². The molecule has 6 nitrogen and oxygen atoms in total. The lowest BCUT2D eigenvalue weighted by Crippen LogP contribution is -2.24. The highest BCUT2D eigenvalue weighted by Crippen LogP contribution is 2.35. The third-order valence-electron chi connectivity index (χ3n) is 5.79. The van der Waals surface area contributed by atoms with Gasteiger partial charge in [0.25, 0.3) is 11.5 Å². The van der Waals surface area contributed by atoms with Crippen molar-refractivity contribution in [1.82, 2.24) is 15.0 Å². The third-order valence-corrected chi connectivity index (χ3v) is 7.91. The zero-order valence-electron chi connectivity index (χ0n) is 18.8. The largest absolute Gasteiger partial charge is 0.272 e. The second kappa shape index (κ2) is 9.95. The predicted octanol–water partition coefficient (Wildman–Crippen LogP) is 4.88. The normalized spacial score (nSPS) is 13.3. The Balaban J connectivity index is 1.41. The SMILES string of the molecule is Cc1ccc(C=NNC(=O)CSc2nc3sc4c(c3c(=O)n2-c2ccccc2)CCCC4)cc1. The molecule has 2 heterocycles. The van der Waals surface area contributed by atoms with Crippen LogP contribution in [0, 0.1) is 6.92 Å². The van der Waals surface area contributed by atoms with Crippen molar-refractivity contribution in [3.63, 3.8) is 0 Å². The fourth-order valence-electron chi connectivity index (χ4n) is 4.08. The van der Waals surface area contributed by atoms with E-state index in [-0.39, 0.29) is 17.2 Å². The molecule has 2 aromatic carbocycles. The van der Waals surface area contributed by atoms with Crippen LogP contribution >= 0.6 is 23.1 Å². The van der Waals surface area contributed by atoms with E-state index < -0.39 is 0 Å². The fraction of sp³-hybridized carbons (Fsp3) is 0.231. The summed E-state index contributed by atoms with van der Waals surface area (Å²) >= 11 is 2.86. The summed E-state index contributed by atoms with van der Waals surface area (Å²) in [5, 5.41) is 5.30. The molecule has 0 fully saturated rings. The molecule has 8 heteroatoms. The molecule has 172 valence electrons. The van der Waals surface area contributed by atoms with Gasteiger partial charge < -0.3 is 0 Å². The van der Waals surface area contributed by atoms with E-state index in [0.29, 0.717) is 5.16 Å². The van der Waals surface area contributed by atoms with E-state index in [0.717, 1.165) is 58.3 Å². The van der Waals surface area contributed by atoms with Gasteiger partial charge in [-0.05, 0) is 55.9 Å². The number of rotatable bonds is 6. The van der Waals surface area contributed by atoms with E-state index in [9.17, 15) is 9.59 Å². The first-order chi connectivity index (χ1) is 16.6. The summed E-state index contributed by atoms with van der Waals surface area (Å²) in [6.07, 6.45) is 5.79. The highest BCUT2D eigenvalue weighted by molar-refractivity contribution is 7.99. The molecule has 4 aromatic rings. The van der Waals surface area contributed by atoms with Crippen molar-refractivity contribution in [3.05, 3.63) is 86.5 Å². The van der Waals surface area contributed by atoms with Crippen molar-refractivity contribution >= 4 is 45.4 Å². The Kier molecular flexibility index (Phi) is 6.60. The molecule has 1 aliphatic rings. The zero-order chi connectivity index (χ0) is 23.5. The maximum atomic E-state index is 13.7. The van der Waals surface area contributed by atoms with Gasteiger partial charge in [0.05, 0.1) is 23.0 Å². The van der Waals surface area contributed by atoms with Gasteiger partial charge in [-0.3, -0.25) is 14.2 Å². The predicted molar refractivity (Wildman–Crippen MR) is 139 cm³/mol. The highest BCUT2D eigenvalue weighted by Gasteiger charge is 2.23. The number of carbonyl (C=O) groups is 1. The molecular weight excluding hydrogens is 464 g/mol. The number of aryl methyl sites for hydroxylation is 3. The van der Waals surface area contributed by atoms with Crippen LogP contribution in [0.25, 0.3) is 15.9 Å². The molecular formula is C26H24N4O2S2. The van der Waals surface area contributed by atoms with Crippen molar-refractivity contribution in [2.24, 2.45) is 5.10 Å². The number of nitrogens with one attached hydrogen (secondary N) is 1. The number of fused-ring (bicyclic) bond motifs is 3. The van der Waals surface area contributed by atoms with Gasteiger partial charge >= 0.3 is 0 Å². The number of hydrogen-bond acceptors (Lipinski definition) is 6. The van der Waals surface area contributed by atoms with Gasteiger partial charge in [-0.1, -0.05) is 59.8 Å². The summed E-state index contributed by atoms with van der Waals surface area (Å²) in [7, 11) is 0. The number of hydrazone groups is 1. The average Bonchev–Trinajstić information content (AvgIpc) is 3.23. The Labute approximate surface area is 205 Å². The third kappa shape index (κ3) is 4.69. The zero-order valence-corrected chi connectivity index (χ0v) is 20.4. The van der Waals surface area contributed by atoms with Crippen LogP contribution in [0.3, 0.4) is 0 Å². The Hall–Kier alpha value is -3.23. The topological polar surface area (TPSA) is 76.3 Å². The maximum absolute atomic E-state index is 13.7. The van der Waals surface area contributed by atoms with E-state index in [1.54, 1.807) is 22.1 Å². The summed E-state index contributed by atoms with van der Waals surface area (Å²) in [4.78, 5) is 33.0. The van der Waals surface area contributed by atoms with Crippen molar-refractivity contribution < 1.29 is 4.79 Å². The summed E-state index contributed by atoms with van der Waals surface area (Å²) < 4.78 is 1.64. The van der Waals surface area contributed by atoms with E-state index in [4.69, 9.17) is 4.98 Å². The quantitative estimate of drug-likeness (QED) is 0.182. The number of benzene rings is 2. The minimum Gasteiger partial charge on any atom is -0.272 e. The molecule has 0 saturated heterocycles. The lowest BCUT2D eigenvalue weighted by atomic mass is 9.97. The first kappa shape index (κ1) is 22.6. The minimum atomic E-state index is -0.257. The summed E-state index contributed by atoms with van der Waals surface area (Å²) in [5.41, 5.74) is 6.49. The molecule has 0 atom stereocenters. The summed E-state index contributed by atoms with van der Waals surface area (Å²) in [6.45, 7) is 2.02. The Morgan fingerprint density at radius 3 is 2.71 bits per heavy atom. The first-order valence-electron chi connectivity index (χ1n) is 11.2. The van der Waals surface area contributed by atoms with Gasteiger partial charge in [-0.2, -0.15) is 5.10 Å². The molecule has 34 heavy (non-hydrogen) atoms. The molecule has 1 N–H and O–H groups in total. The number of nitrogens with zero attached hydrogens (tertiary/aromatic N) is 3. The first-order valence-corrected chi connectivity index (χ1v) is 13.0. The maximum Gasteiger partial charge on any atom is 0.267 e. The van der Waals surface area contributed by atoms with E-state index >= 15 is 0 Å². The highest BCUT2D eigenvalue weighted by atomic mass is 32.2. The van der Waals surface area contributed by atoms with Gasteiger partial charge in [0.1, 0.15) is 4.83 Å². The van der Waals surface area contributed by atoms with Gasteiger partial charge in [0, 0.05) is 4.88 Å². The van der Waals surface area contributed by atoms with Crippen LogP contribution in [-0.4, -0.2) is 27.4 Å². The molecule has 0 aliphatic heterocycles. The Morgan fingerprint density at radius 1 is 1.15 bits per heavy atom. The number of amides is 1. The van der Waals surface area contributed by atoms with Crippen LogP contribution in [0.5, 0.6) is 0 Å². The lowest BCUT2D eigenvalue weighted by Gasteiger charge is -2.13. The van der Waals surface area contributed by atoms with Crippen LogP contribution < -0.4 is 11.0 Å². The molecule has 0 radical (unpaired) electrons. The number of thiophene rings is 1. The molecule has 2 aromatic heterocycles. The van der Waals surface area contributed by atoms with Crippen molar-refractivity contribution in [1.29, 1.82) is 0 Å². The van der Waals surface area contributed by atoms with Crippen molar-refractivity contribution in [3.8, 4) is 5.69 Å². The monoisotopic (exact) mass is 488 g/mol. The van der Waals surface area contributed by atoms with Crippen LogP contribution in [0.4, 0.5) is 0 Å². The van der Waals surface area contributed by atoms with E-state index in [1.807, 2.05) is 61.5 Å². The minimum absolute atomic E-state index is 0.0594. The summed E-state index contributed by atoms with van der Waals surface area (Å²) in [6, 6.07) is 17.4. The number of thioether (sulfide) groups is 1. The van der Waals surface area contributed by atoms with E-state index in [2.05, 4.69) is 10.5 Å². The lowest BCUT2D eigenvalue weighted by molar-refractivity contribution is -0.118. The van der Waals surface area contributed by atoms with Crippen LogP contribution in [0.1, 0.15) is 34.4 Å². The van der Waals surface area contributed by atoms with Gasteiger partial charge in [0.2, 0.25) is 0 Å².